The Hall–Kier alpha value is -3.73. The van der Waals surface area contributed by atoms with Crippen molar-refractivity contribution in [1.29, 1.82) is 5.26 Å². The number of alkyl halides is 2. The number of nitriles is 1. The molecule has 1 saturated carbocycles. The number of anilines is 2. The van der Waals surface area contributed by atoms with Crippen molar-refractivity contribution in [3.63, 3.8) is 0 Å². The molecule has 2 atom stereocenters. The van der Waals surface area contributed by atoms with E-state index < -0.39 is 39.6 Å². The number of benzene rings is 2. The molecule has 0 bridgehead atoms. The molecule has 2 fully saturated rings. The summed E-state index contributed by atoms with van der Waals surface area (Å²) in [4.78, 5) is 13.8. The van der Waals surface area contributed by atoms with Crippen LogP contribution in [0, 0.1) is 18.3 Å². The van der Waals surface area contributed by atoms with Gasteiger partial charge in [0.15, 0.2) is 9.84 Å². The van der Waals surface area contributed by atoms with Gasteiger partial charge in [-0.2, -0.15) is 10.4 Å². The third kappa shape index (κ3) is 17.6. The predicted octanol–water partition coefficient (Wildman–Crippen LogP) is 12.3. The van der Waals surface area contributed by atoms with Crippen LogP contribution >= 0.6 is 11.6 Å². The fourth-order valence-electron chi connectivity index (χ4n) is 8.39. The zero-order valence-electron chi connectivity index (χ0n) is 38.7. The standard InChI is InChI=1S/C36H49ClF2N4O4S.C14H26N2/c1-3-4-5-6-7-8-9-10-14-20-36(38,39)26-40-29-17-18-33(31(37)23-29)48(46,47)30-24-32(35(44)45)42(25-30)34-22-27(2)41-43(34)21-19-28-15-12-11-13-16-28;1-2-3-4-5-6-7-8-9-12-16-14(13-15)10-11-14/h11-13,15-18,22-23,30,32,40H,3-10,14,19-21,24-26H2,1-2H3,(H,44,45);16H,2-12H2,1H3/t30-,32+;/m1./s1. The van der Waals surface area contributed by atoms with Crippen LogP contribution in [0.25, 0.3) is 0 Å². The van der Waals surface area contributed by atoms with Crippen LogP contribution in [0.3, 0.4) is 0 Å². The van der Waals surface area contributed by atoms with Gasteiger partial charge in [0.2, 0.25) is 0 Å². The van der Waals surface area contributed by atoms with Crippen LogP contribution in [0.1, 0.15) is 160 Å². The molecule has 0 amide bonds. The van der Waals surface area contributed by atoms with Crippen molar-refractivity contribution in [3.05, 3.63) is 70.9 Å². The second-order valence-corrected chi connectivity index (χ2v) is 20.6. The Bertz CT molecular complexity index is 1990. The second-order valence-electron chi connectivity index (χ2n) is 18.0. The van der Waals surface area contributed by atoms with Crippen molar-refractivity contribution in [2.75, 3.05) is 29.9 Å². The van der Waals surface area contributed by atoms with Gasteiger partial charge in [0.1, 0.15) is 17.4 Å². The maximum absolute atomic E-state index is 14.6. The first-order chi connectivity index (χ1) is 30.7. The summed E-state index contributed by atoms with van der Waals surface area (Å²) in [6.07, 6.45) is 22.6. The highest BCUT2D eigenvalue weighted by Gasteiger charge is 2.45. The molecule has 14 heteroatoms. The lowest BCUT2D eigenvalue weighted by Gasteiger charge is -2.24. The van der Waals surface area contributed by atoms with E-state index in [1.165, 1.54) is 95.2 Å². The molecule has 1 saturated heterocycles. The van der Waals surface area contributed by atoms with Gasteiger partial charge >= 0.3 is 5.97 Å². The maximum atomic E-state index is 14.6. The van der Waals surface area contributed by atoms with Gasteiger partial charge in [-0.05, 0) is 75.8 Å². The smallest absolute Gasteiger partial charge is 0.326 e. The molecule has 2 aromatic carbocycles. The number of nitrogens with one attached hydrogen (secondary N) is 2. The summed E-state index contributed by atoms with van der Waals surface area (Å²) in [5.41, 5.74) is 1.97. The Morgan fingerprint density at radius 1 is 0.906 bits per heavy atom. The molecule has 10 nitrogen and oxygen atoms in total. The fourth-order valence-corrected chi connectivity index (χ4v) is 10.6. The van der Waals surface area contributed by atoms with Gasteiger partial charge in [-0.25, -0.2) is 26.7 Å². The van der Waals surface area contributed by atoms with Crippen molar-refractivity contribution < 1.29 is 27.1 Å². The summed E-state index contributed by atoms with van der Waals surface area (Å²) < 4.78 is 58.6. The van der Waals surface area contributed by atoms with E-state index in [4.69, 9.17) is 16.9 Å². The van der Waals surface area contributed by atoms with E-state index >= 15 is 0 Å². The molecule has 0 spiro atoms. The van der Waals surface area contributed by atoms with E-state index in [0.717, 1.165) is 50.6 Å². The number of aromatic nitrogens is 2. The van der Waals surface area contributed by atoms with Gasteiger partial charge in [0, 0.05) is 31.3 Å². The Kier molecular flexibility index (Phi) is 22.3. The molecule has 1 aliphatic carbocycles. The number of halogens is 3. The number of carboxylic acid groups (broad SMARTS) is 1. The number of unbranched alkanes of at least 4 members (excludes halogenated alkanes) is 15. The average Bonchev–Trinajstić information content (AvgIpc) is 3.74. The zero-order chi connectivity index (χ0) is 46.4. The molecule has 0 unspecified atom stereocenters. The summed E-state index contributed by atoms with van der Waals surface area (Å²) in [7, 11) is -4.07. The van der Waals surface area contributed by atoms with Gasteiger partial charge in [0.25, 0.3) is 5.92 Å². The maximum Gasteiger partial charge on any atom is 0.326 e. The predicted molar refractivity (Wildman–Crippen MR) is 256 cm³/mol. The molecule has 2 heterocycles. The van der Waals surface area contributed by atoms with Crippen LogP contribution in [0.15, 0.2) is 59.5 Å². The third-order valence-corrected chi connectivity index (χ3v) is 15.1. The quantitative estimate of drug-likeness (QED) is 0.0557. The van der Waals surface area contributed by atoms with Crippen LogP contribution < -0.4 is 15.5 Å². The molecular weight excluding hydrogens is 854 g/mol. The monoisotopic (exact) mass is 929 g/mol. The minimum atomic E-state index is -4.07. The number of sulfone groups is 1. The fraction of sp³-hybridized carbons (Fsp3) is 0.660. The molecule has 3 N–H and O–H groups in total. The summed E-state index contributed by atoms with van der Waals surface area (Å²) in [5.74, 6) is -3.50. The molecule has 356 valence electrons. The first kappa shape index (κ1) is 52.9. The van der Waals surface area contributed by atoms with E-state index in [1.54, 1.807) is 15.6 Å². The van der Waals surface area contributed by atoms with Crippen molar-refractivity contribution in [1.82, 2.24) is 15.1 Å². The highest BCUT2D eigenvalue weighted by Crippen LogP contribution is 2.37. The first-order valence-electron chi connectivity index (χ1n) is 24.1. The summed E-state index contributed by atoms with van der Waals surface area (Å²) >= 11 is 6.44. The topological polar surface area (TPSA) is 140 Å². The van der Waals surface area contributed by atoms with Gasteiger partial charge in [-0.3, -0.25) is 5.32 Å². The van der Waals surface area contributed by atoms with Crippen LogP contribution in [0.2, 0.25) is 5.02 Å². The van der Waals surface area contributed by atoms with E-state index in [9.17, 15) is 27.1 Å². The minimum absolute atomic E-state index is 0.0584. The zero-order valence-corrected chi connectivity index (χ0v) is 40.3. The number of carbonyl (C=O) groups is 1. The lowest BCUT2D eigenvalue weighted by molar-refractivity contribution is -0.138. The summed E-state index contributed by atoms with van der Waals surface area (Å²) in [6, 6.07) is 17.0. The van der Waals surface area contributed by atoms with Crippen LogP contribution in [0.5, 0.6) is 0 Å². The second kappa shape index (κ2) is 27.0. The van der Waals surface area contributed by atoms with Gasteiger partial charge in [-0.1, -0.05) is 152 Å². The molecular formula is C50H75ClF2N6O4S. The van der Waals surface area contributed by atoms with E-state index in [-0.39, 0.29) is 34.8 Å². The number of aliphatic carboxylic acids is 1. The highest BCUT2D eigenvalue weighted by molar-refractivity contribution is 7.92. The number of aryl methyl sites for hydroxylation is 3. The Labute approximate surface area is 387 Å². The Morgan fingerprint density at radius 3 is 2.06 bits per heavy atom. The molecule has 3 aromatic rings. The molecule has 1 aromatic heterocycles. The van der Waals surface area contributed by atoms with E-state index in [0.29, 0.717) is 36.6 Å². The van der Waals surface area contributed by atoms with Gasteiger partial charge < -0.3 is 15.3 Å². The minimum Gasteiger partial charge on any atom is -0.480 e. The summed E-state index contributed by atoms with van der Waals surface area (Å²) in [6.45, 7) is 7.13. The Morgan fingerprint density at radius 2 is 1.50 bits per heavy atom. The molecule has 1 aliphatic heterocycles. The Balaban J connectivity index is 0.000000472. The van der Waals surface area contributed by atoms with Crippen molar-refractivity contribution in [3.8, 4) is 6.07 Å². The largest absolute Gasteiger partial charge is 0.480 e. The van der Waals surface area contributed by atoms with Crippen LogP contribution in [-0.2, 0) is 27.6 Å². The van der Waals surface area contributed by atoms with Crippen molar-refractivity contribution in [2.45, 2.75) is 196 Å². The molecule has 0 radical (unpaired) electrons. The van der Waals surface area contributed by atoms with Crippen molar-refractivity contribution >= 4 is 38.9 Å². The normalized spacial score (nSPS) is 16.9. The molecule has 64 heavy (non-hydrogen) atoms. The lowest BCUT2D eigenvalue weighted by atomic mass is 10.0. The SMILES string of the molecule is CCCCCCCCCCCC(F)(F)CNc1ccc(S(=O)(=O)[C@@H]2C[C@@H](C(=O)O)N(c3cc(C)nn3CCc3ccccc3)C2)c(Cl)c1.CCCCCCCCCCNC1(C#N)CC1. The molecule has 5 rings (SSSR count). The highest BCUT2D eigenvalue weighted by atomic mass is 35.5. The van der Waals surface area contributed by atoms with E-state index in [2.05, 4.69) is 35.6 Å². The number of hydrogen-bond acceptors (Lipinski definition) is 8. The van der Waals surface area contributed by atoms with Crippen LogP contribution in [0.4, 0.5) is 20.3 Å². The van der Waals surface area contributed by atoms with Gasteiger partial charge in [0.05, 0.1) is 33.5 Å². The van der Waals surface area contributed by atoms with Crippen LogP contribution in [-0.4, -0.2) is 71.7 Å². The number of carboxylic acids is 1. The van der Waals surface area contributed by atoms with Crippen molar-refractivity contribution in [2.24, 2.45) is 0 Å². The first-order valence-corrected chi connectivity index (χ1v) is 26.1. The molecule has 2 aliphatic rings. The summed E-state index contributed by atoms with van der Waals surface area (Å²) in [5, 5.41) is 28.4. The number of rotatable bonds is 30. The average molecular weight is 930 g/mol. The van der Waals surface area contributed by atoms with Gasteiger partial charge in [-0.15, -0.1) is 0 Å². The van der Waals surface area contributed by atoms with E-state index in [1.807, 2.05) is 37.3 Å². The third-order valence-electron chi connectivity index (χ3n) is 12.5. The lowest BCUT2D eigenvalue weighted by Crippen LogP contribution is -2.37. The number of nitrogens with zero attached hydrogens (tertiary/aromatic N) is 4. The number of hydrogen-bond donors (Lipinski definition) is 3.